The van der Waals surface area contributed by atoms with E-state index in [1.54, 1.807) is 49.6 Å². The Labute approximate surface area is 180 Å². The number of carbonyl (C=O) groups excluding carboxylic acids is 3. The molecule has 1 fully saturated rings. The second kappa shape index (κ2) is 8.26. The largest absolute Gasteiger partial charge is 0.497 e. The summed E-state index contributed by atoms with van der Waals surface area (Å²) < 4.78 is 10.5. The van der Waals surface area contributed by atoms with Crippen molar-refractivity contribution >= 4 is 29.1 Å². The molecular weight excluding hydrogens is 396 g/mol. The van der Waals surface area contributed by atoms with Crippen molar-refractivity contribution in [1.29, 1.82) is 0 Å². The van der Waals surface area contributed by atoms with Gasteiger partial charge in [0, 0.05) is 11.6 Å². The van der Waals surface area contributed by atoms with E-state index in [4.69, 9.17) is 9.47 Å². The molecule has 1 aliphatic heterocycles. The predicted octanol–water partition coefficient (Wildman–Crippen LogP) is 3.80. The van der Waals surface area contributed by atoms with Gasteiger partial charge in [0.05, 0.1) is 37.4 Å². The van der Waals surface area contributed by atoms with Gasteiger partial charge in [0.15, 0.2) is 0 Å². The fraction of sp³-hybridized carbons (Fsp3) is 0.292. The van der Waals surface area contributed by atoms with Crippen LogP contribution in [-0.4, -0.2) is 31.9 Å². The topological polar surface area (TPSA) is 84.9 Å². The number of amides is 3. The third-order valence-corrected chi connectivity index (χ3v) is 5.87. The van der Waals surface area contributed by atoms with Crippen LogP contribution in [0.2, 0.25) is 0 Å². The first kappa shape index (κ1) is 20.7. The van der Waals surface area contributed by atoms with Crippen LogP contribution in [0, 0.1) is 11.8 Å². The lowest BCUT2D eigenvalue weighted by Crippen LogP contribution is -2.30. The van der Waals surface area contributed by atoms with Crippen LogP contribution in [0.1, 0.15) is 30.1 Å². The molecule has 2 aromatic carbocycles. The third-order valence-electron chi connectivity index (χ3n) is 5.87. The van der Waals surface area contributed by atoms with E-state index in [9.17, 15) is 14.4 Å². The lowest BCUT2D eigenvalue weighted by Gasteiger charge is -2.18. The number of imide groups is 1. The van der Waals surface area contributed by atoms with E-state index >= 15 is 0 Å². The maximum Gasteiger partial charge on any atom is 0.255 e. The zero-order chi connectivity index (χ0) is 22.1. The Morgan fingerprint density at radius 3 is 2.39 bits per heavy atom. The lowest BCUT2D eigenvalue weighted by molar-refractivity contribution is -0.122. The summed E-state index contributed by atoms with van der Waals surface area (Å²) >= 11 is 0. The number of carbonyl (C=O) groups is 3. The summed E-state index contributed by atoms with van der Waals surface area (Å²) in [5.41, 5.74) is 2.54. The summed E-state index contributed by atoms with van der Waals surface area (Å²) in [6.45, 7) is 1.99. The first-order chi connectivity index (χ1) is 14.9. The van der Waals surface area contributed by atoms with E-state index in [1.807, 2.05) is 13.0 Å². The van der Waals surface area contributed by atoms with Gasteiger partial charge >= 0.3 is 0 Å². The van der Waals surface area contributed by atoms with Crippen LogP contribution in [-0.2, 0) is 9.59 Å². The van der Waals surface area contributed by atoms with Gasteiger partial charge in [-0.25, -0.2) is 0 Å². The van der Waals surface area contributed by atoms with E-state index in [1.165, 1.54) is 12.0 Å². The fourth-order valence-electron chi connectivity index (χ4n) is 4.15. The van der Waals surface area contributed by atoms with Gasteiger partial charge in [-0.2, -0.15) is 0 Å². The summed E-state index contributed by atoms with van der Waals surface area (Å²) in [7, 11) is 3.06. The maximum absolute atomic E-state index is 12.9. The number of rotatable bonds is 5. The van der Waals surface area contributed by atoms with Gasteiger partial charge in [-0.15, -0.1) is 0 Å². The van der Waals surface area contributed by atoms with E-state index < -0.39 is 0 Å². The Bertz CT molecular complexity index is 1070. The molecule has 7 heteroatoms. The number of methoxy groups -OCH3 is 2. The van der Waals surface area contributed by atoms with E-state index in [-0.39, 0.29) is 29.6 Å². The number of nitrogens with one attached hydrogen (secondary N) is 1. The molecule has 31 heavy (non-hydrogen) atoms. The van der Waals surface area contributed by atoms with Crippen molar-refractivity contribution in [3.63, 3.8) is 0 Å². The average molecular weight is 420 g/mol. The Morgan fingerprint density at radius 1 is 1.00 bits per heavy atom. The van der Waals surface area contributed by atoms with Crippen LogP contribution in [0.3, 0.4) is 0 Å². The Balaban J connectivity index is 1.51. The van der Waals surface area contributed by atoms with Crippen molar-refractivity contribution in [2.45, 2.75) is 19.8 Å². The van der Waals surface area contributed by atoms with Gasteiger partial charge in [-0.1, -0.05) is 11.6 Å². The van der Waals surface area contributed by atoms with Crippen LogP contribution < -0.4 is 19.7 Å². The minimum absolute atomic E-state index is 0.164. The number of ether oxygens (including phenoxy) is 2. The summed E-state index contributed by atoms with van der Waals surface area (Å²) in [5.74, 6) is -0.150. The second-order valence-electron chi connectivity index (χ2n) is 7.78. The molecule has 2 atom stereocenters. The highest BCUT2D eigenvalue weighted by atomic mass is 16.5. The summed E-state index contributed by atoms with van der Waals surface area (Å²) in [6.07, 6.45) is 3.26. The minimum Gasteiger partial charge on any atom is -0.497 e. The van der Waals surface area contributed by atoms with Crippen LogP contribution in [0.4, 0.5) is 11.4 Å². The molecule has 4 rings (SSSR count). The summed E-state index contributed by atoms with van der Waals surface area (Å²) in [5, 5.41) is 2.81. The molecule has 0 aromatic heterocycles. The molecule has 2 aromatic rings. The van der Waals surface area contributed by atoms with Crippen molar-refractivity contribution in [2.75, 3.05) is 24.4 Å². The number of allylic oxidation sites excluding steroid dienone is 2. The third kappa shape index (κ3) is 3.79. The fourth-order valence-corrected chi connectivity index (χ4v) is 4.15. The molecule has 1 aliphatic carbocycles. The molecule has 2 aliphatic rings. The molecule has 0 radical (unpaired) electrons. The minimum atomic E-state index is -0.331. The van der Waals surface area contributed by atoms with Gasteiger partial charge in [-0.05, 0) is 56.2 Å². The van der Waals surface area contributed by atoms with Crippen LogP contribution in [0.15, 0.2) is 54.1 Å². The molecule has 0 bridgehead atoms. The van der Waals surface area contributed by atoms with E-state index in [0.29, 0.717) is 41.3 Å². The molecule has 1 heterocycles. The number of hydrogen-bond donors (Lipinski definition) is 1. The normalized spacial score (nSPS) is 20.2. The number of nitrogens with zero attached hydrogens (tertiary/aromatic N) is 1. The average Bonchev–Trinajstić information content (AvgIpc) is 3.03. The SMILES string of the molecule is COc1ccc(NC(=O)c2ccc(N3C(=O)[C@H]4CC=C(C)C[C@@H]4C3=O)cc2)c(OC)c1. The Kier molecular flexibility index (Phi) is 5.50. The predicted molar refractivity (Wildman–Crippen MR) is 116 cm³/mol. The van der Waals surface area contributed by atoms with Gasteiger partial charge in [0.2, 0.25) is 11.8 Å². The highest BCUT2D eigenvalue weighted by molar-refractivity contribution is 6.22. The number of anilines is 2. The Morgan fingerprint density at radius 2 is 1.71 bits per heavy atom. The number of hydrogen-bond acceptors (Lipinski definition) is 5. The van der Waals surface area contributed by atoms with E-state index in [2.05, 4.69) is 5.32 Å². The first-order valence-corrected chi connectivity index (χ1v) is 10.1. The first-order valence-electron chi connectivity index (χ1n) is 10.1. The number of benzene rings is 2. The monoisotopic (exact) mass is 420 g/mol. The van der Waals surface area contributed by atoms with Crippen LogP contribution >= 0.6 is 0 Å². The molecule has 1 N–H and O–H groups in total. The quantitative estimate of drug-likeness (QED) is 0.587. The van der Waals surface area contributed by atoms with Gasteiger partial charge in [0.1, 0.15) is 11.5 Å². The molecule has 0 unspecified atom stereocenters. The zero-order valence-electron chi connectivity index (χ0n) is 17.7. The maximum atomic E-state index is 12.9. The molecule has 0 spiro atoms. The van der Waals surface area contributed by atoms with Crippen molar-refractivity contribution in [2.24, 2.45) is 11.8 Å². The van der Waals surface area contributed by atoms with Crippen molar-refractivity contribution < 1.29 is 23.9 Å². The van der Waals surface area contributed by atoms with Crippen molar-refractivity contribution in [3.05, 3.63) is 59.7 Å². The van der Waals surface area contributed by atoms with Crippen molar-refractivity contribution in [1.82, 2.24) is 0 Å². The highest BCUT2D eigenvalue weighted by Gasteiger charge is 2.48. The van der Waals surface area contributed by atoms with Crippen LogP contribution in [0.5, 0.6) is 11.5 Å². The van der Waals surface area contributed by atoms with E-state index in [0.717, 1.165) is 5.57 Å². The van der Waals surface area contributed by atoms with Crippen LogP contribution in [0.25, 0.3) is 0 Å². The van der Waals surface area contributed by atoms with Gasteiger partial charge < -0.3 is 14.8 Å². The lowest BCUT2D eigenvalue weighted by atomic mass is 9.82. The molecular formula is C24H24N2O5. The molecule has 160 valence electrons. The van der Waals surface area contributed by atoms with Gasteiger partial charge in [0.25, 0.3) is 5.91 Å². The Hall–Kier alpha value is -3.61. The molecule has 0 saturated carbocycles. The molecule has 3 amide bonds. The highest BCUT2D eigenvalue weighted by Crippen LogP contribution is 2.39. The smallest absolute Gasteiger partial charge is 0.255 e. The second-order valence-corrected chi connectivity index (χ2v) is 7.78. The summed E-state index contributed by atoms with van der Waals surface area (Å²) in [6, 6.07) is 11.6. The zero-order valence-corrected chi connectivity index (χ0v) is 17.7. The number of fused-ring (bicyclic) bond motifs is 1. The standard InChI is InChI=1S/C24H24N2O5/c1-14-4-10-18-19(12-14)24(29)26(23(18)28)16-7-5-15(6-8-16)22(27)25-20-11-9-17(30-2)13-21(20)31-3/h4-9,11,13,18-19H,10,12H2,1-3H3,(H,25,27)/t18-,19-/m0/s1. The summed E-state index contributed by atoms with van der Waals surface area (Å²) in [4.78, 5) is 39.6. The molecule has 1 saturated heterocycles. The van der Waals surface area contributed by atoms with Gasteiger partial charge in [-0.3, -0.25) is 19.3 Å². The van der Waals surface area contributed by atoms with Crippen molar-refractivity contribution in [3.8, 4) is 11.5 Å². The molecule has 7 nitrogen and oxygen atoms in total.